The molecule has 0 aromatic heterocycles. The van der Waals surface area contributed by atoms with E-state index in [-0.39, 0.29) is 23.8 Å². The number of methoxy groups -OCH3 is 2. The minimum Gasteiger partial charge on any atom is -0.469 e. The summed E-state index contributed by atoms with van der Waals surface area (Å²) in [7, 11) is 2.80. The van der Waals surface area contributed by atoms with E-state index in [2.05, 4.69) is 0 Å². The molecular weight excluding hydrogens is 244 g/mol. The molecule has 110 valence electrons. The maximum Gasteiger partial charge on any atom is 0.308 e. The Balaban J connectivity index is 2.55. The van der Waals surface area contributed by atoms with E-state index >= 15 is 0 Å². The van der Waals surface area contributed by atoms with Gasteiger partial charge in [-0.15, -0.1) is 0 Å². The largest absolute Gasteiger partial charge is 0.469 e. The molecule has 1 aliphatic rings. The van der Waals surface area contributed by atoms with E-state index in [9.17, 15) is 9.59 Å². The fourth-order valence-electron chi connectivity index (χ4n) is 3.00. The first-order valence-corrected chi connectivity index (χ1v) is 7.24. The molecule has 0 spiro atoms. The van der Waals surface area contributed by atoms with Crippen LogP contribution in [-0.4, -0.2) is 26.2 Å². The lowest BCUT2D eigenvalue weighted by Crippen LogP contribution is -2.26. The minimum atomic E-state index is -0.252. The molecule has 0 aliphatic heterocycles. The number of carbonyl (C=O) groups is 2. The molecule has 2 atom stereocenters. The molecule has 1 rings (SSSR count). The first kappa shape index (κ1) is 16.0. The summed E-state index contributed by atoms with van der Waals surface area (Å²) < 4.78 is 9.60. The van der Waals surface area contributed by atoms with E-state index in [1.807, 2.05) is 6.92 Å². The van der Waals surface area contributed by atoms with E-state index in [0.29, 0.717) is 12.3 Å². The molecule has 4 heteroatoms. The fourth-order valence-corrected chi connectivity index (χ4v) is 3.00. The van der Waals surface area contributed by atoms with Crippen LogP contribution in [0.4, 0.5) is 0 Å². The number of rotatable bonds is 6. The Morgan fingerprint density at radius 3 is 2.16 bits per heavy atom. The number of carbonyl (C=O) groups excluding carboxylic acids is 2. The molecule has 0 radical (unpaired) electrons. The van der Waals surface area contributed by atoms with Crippen molar-refractivity contribution in [1.29, 1.82) is 0 Å². The average molecular weight is 270 g/mol. The zero-order valence-corrected chi connectivity index (χ0v) is 12.3. The topological polar surface area (TPSA) is 52.6 Å². The van der Waals surface area contributed by atoms with Gasteiger partial charge in [-0.05, 0) is 18.8 Å². The van der Waals surface area contributed by atoms with Gasteiger partial charge in [0.25, 0.3) is 0 Å². The molecule has 0 heterocycles. The lowest BCUT2D eigenvalue weighted by Gasteiger charge is -2.26. The SMILES string of the molecule is COC(=O)[C@@H](CC1CCCCC1)C[C@H](C)C(=O)OC. The first-order chi connectivity index (χ1) is 9.08. The van der Waals surface area contributed by atoms with Crippen LogP contribution < -0.4 is 0 Å². The Morgan fingerprint density at radius 2 is 1.63 bits per heavy atom. The summed E-state index contributed by atoms with van der Waals surface area (Å²) in [6.45, 7) is 1.81. The van der Waals surface area contributed by atoms with Crippen LogP contribution in [0, 0.1) is 17.8 Å². The van der Waals surface area contributed by atoms with E-state index in [1.54, 1.807) is 0 Å². The molecule has 0 aromatic rings. The highest BCUT2D eigenvalue weighted by molar-refractivity contribution is 5.75. The van der Waals surface area contributed by atoms with Crippen LogP contribution in [-0.2, 0) is 19.1 Å². The molecule has 1 aliphatic carbocycles. The van der Waals surface area contributed by atoms with E-state index in [4.69, 9.17) is 9.47 Å². The van der Waals surface area contributed by atoms with Crippen LogP contribution in [0.3, 0.4) is 0 Å². The van der Waals surface area contributed by atoms with Gasteiger partial charge in [-0.2, -0.15) is 0 Å². The summed E-state index contributed by atoms with van der Waals surface area (Å²) in [5, 5.41) is 0. The molecule has 0 N–H and O–H groups in total. The molecular formula is C15H26O4. The molecule has 0 aromatic carbocycles. The molecule has 19 heavy (non-hydrogen) atoms. The monoisotopic (exact) mass is 270 g/mol. The second kappa shape index (κ2) is 8.18. The maximum atomic E-state index is 11.9. The Morgan fingerprint density at radius 1 is 1.05 bits per heavy atom. The van der Waals surface area contributed by atoms with Gasteiger partial charge in [0.2, 0.25) is 0 Å². The third kappa shape index (κ3) is 5.21. The van der Waals surface area contributed by atoms with E-state index in [0.717, 1.165) is 6.42 Å². The van der Waals surface area contributed by atoms with Crippen LogP contribution in [0.15, 0.2) is 0 Å². The second-order valence-electron chi connectivity index (χ2n) is 5.62. The van der Waals surface area contributed by atoms with Gasteiger partial charge in [-0.1, -0.05) is 39.0 Å². The smallest absolute Gasteiger partial charge is 0.308 e. The summed E-state index contributed by atoms with van der Waals surface area (Å²) in [5.74, 6) is -0.276. The first-order valence-electron chi connectivity index (χ1n) is 7.24. The maximum absolute atomic E-state index is 11.9. The quantitative estimate of drug-likeness (QED) is 0.696. The van der Waals surface area contributed by atoms with Gasteiger partial charge in [-0.3, -0.25) is 9.59 Å². The summed E-state index contributed by atoms with van der Waals surface area (Å²) in [4.78, 5) is 23.3. The third-order valence-electron chi connectivity index (χ3n) is 4.12. The van der Waals surface area contributed by atoms with Crippen LogP contribution in [0.1, 0.15) is 51.9 Å². The van der Waals surface area contributed by atoms with Crippen molar-refractivity contribution in [3.05, 3.63) is 0 Å². The van der Waals surface area contributed by atoms with Crippen molar-refractivity contribution in [2.45, 2.75) is 51.9 Å². The highest BCUT2D eigenvalue weighted by Gasteiger charge is 2.28. The minimum absolute atomic E-state index is 0.179. The zero-order chi connectivity index (χ0) is 14.3. The van der Waals surface area contributed by atoms with Gasteiger partial charge < -0.3 is 9.47 Å². The summed E-state index contributed by atoms with van der Waals surface area (Å²) in [5.41, 5.74) is 0. The van der Waals surface area contributed by atoms with Gasteiger partial charge >= 0.3 is 11.9 Å². The number of hydrogen-bond donors (Lipinski definition) is 0. The number of hydrogen-bond acceptors (Lipinski definition) is 4. The van der Waals surface area contributed by atoms with Crippen molar-refractivity contribution in [3.8, 4) is 0 Å². The normalized spacial score (nSPS) is 19.5. The van der Waals surface area contributed by atoms with Crippen molar-refractivity contribution >= 4 is 11.9 Å². The molecule has 0 amide bonds. The Kier molecular flexibility index (Phi) is 6.89. The summed E-state index contributed by atoms with van der Waals surface area (Å²) >= 11 is 0. The molecule has 0 unspecified atom stereocenters. The van der Waals surface area contributed by atoms with Crippen LogP contribution in [0.25, 0.3) is 0 Å². The molecule has 0 bridgehead atoms. The predicted molar refractivity (Wildman–Crippen MR) is 72.5 cm³/mol. The van der Waals surface area contributed by atoms with Crippen LogP contribution >= 0.6 is 0 Å². The number of ether oxygens (including phenoxy) is 2. The zero-order valence-electron chi connectivity index (χ0n) is 12.3. The van der Waals surface area contributed by atoms with Gasteiger partial charge in [0.1, 0.15) is 0 Å². The highest BCUT2D eigenvalue weighted by atomic mass is 16.5. The van der Waals surface area contributed by atoms with Crippen molar-refractivity contribution < 1.29 is 19.1 Å². The summed E-state index contributed by atoms with van der Waals surface area (Å²) in [6.07, 6.45) is 7.57. The van der Waals surface area contributed by atoms with Crippen molar-refractivity contribution in [2.75, 3.05) is 14.2 Å². The van der Waals surface area contributed by atoms with Crippen molar-refractivity contribution in [2.24, 2.45) is 17.8 Å². The van der Waals surface area contributed by atoms with Gasteiger partial charge in [0, 0.05) is 0 Å². The highest BCUT2D eigenvalue weighted by Crippen LogP contribution is 2.31. The standard InChI is InChI=1S/C15H26O4/c1-11(14(16)18-2)9-13(15(17)19-3)10-12-7-5-4-6-8-12/h11-13H,4-10H2,1-3H3/t11-,13+/m0/s1. The van der Waals surface area contributed by atoms with Crippen LogP contribution in [0.5, 0.6) is 0 Å². The molecule has 0 saturated heterocycles. The second-order valence-corrected chi connectivity index (χ2v) is 5.62. The van der Waals surface area contributed by atoms with Crippen molar-refractivity contribution in [3.63, 3.8) is 0 Å². The van der Waals surface area contributed by atoms with E-state index in [1.165, 1.54) is 46.3 Å². The molecule has 1 fully saturated rings. The van der Waals surface area contributed by atoms with Crippen LogP contribution in [0.2, 0.25) is 0 Å². The lowest BCUT2D eigenvalue weighted by molar-refractivity contribution is -0.149. The Bertz CT molecular complexity index is 295. The summed E-state index contributed by atoms with van der Waals surface area (Å²) in [6, 6.07) is 0. The van der Waals surface area contributed by atoms with Gasteiger partial charge in [0.15, 0.2) is 0 Å². The van der Waals surface area contributed by atoms with E-state index < -0.39 is 0 Å². The molecule has 1 saturated carbocycles. The van der Waals surface area contributed by atoms with Gasteiger partial charge in [0.05, 0.1) is 26.1 Å². The fraction of sp³-hybridized carbons (Fsp3) is 0.867. The average Bonchev–Trinajstić information content (AvgIpc) is 2.45. The Labute approximate surface area is 115 Å². The number of esters is 2. The Hall–Kier alpha value is -1.06. The predicted octanol–water partition coefficient (Wildman–Crippen LogP) is 2.95. The lowest BCUT2D eigenvalue weighted by atomic mass is 9.80. The van der Waals surface area contributed by atoms with Crippen molar-refractivity contribution in [1.82, 2.24) is 0 Å². The van der Waals surface area contributed by atoms with Gasteiger partial charge in [-0.25, -0.2) is 0 Å². The molecule has 4 nitrogen and oxygen atoms in total. The third-order valence-corrected chi connectivity index (χ3v) is 4.12.